The van der Waals surface area contributed by atoms with Gasteiger partial charge in [0, 0.05) is 17.4 Å². The fourth-order valence-electron chi connectivity index (χ4n) is 1.98. The van der Waals surface area contributed by atoms with E-state index in [1.54, 1.807) is 11.3 Å². The van der Waals surface area contributed by atoms with Gasteiger partial charge < -0.3 is 0 Å². The van der Waals surface area contributed by atoms with E-state index in [0.717, 1.165) is 10.7 Å². The molecule has 1 nitrogen and oxygen atoms in total. The molecule has 0 aliphatic rings. The molecule has 0 aliphatic heterocycles. The second kappa shape index (κ2) is 5.37. The Hall–Kier alpha value is -1.93. The molecule has 3 rings (SSSR count). The van der Waals surface area contributed by atoms with E-state index in [1.165, 1.54) is 16.7 Å². The topological polar surface area (TPSA) is 12.9 Å². The summed E-state index contributed by atoms with van der Waals surface area (Å²) in [6.45, 7) is 2.10. The van der Waals surface area contributed by atoms with E-state index in [9.17, 15) is 0 Å². The van der Waals surface area contributed by atoms with Gasteiger partial charge in [0.25, 0.3) is 0 Å². The van der Waals surface area contributed by atoms with Gasteiger partial charge in [-0.25, -0.2) is 4.98 Å². The quantitative estimate of drug-likeness (QED) is 0.667. The van der Waals surface area contributed by atoms with E-state index in [4.69, 9.17) is 0 Å². The van der Waals surface area contributed by atoms with Gasteiger partial charge in [-0.15, -0.1) is 11.3 Å². The lowest BCUT2D eigenvalue weighted by atomic mass is 10.1. The highest BCUT2D eigenvalue weighted by atomic mass is 32.1. The minimum Gasteiger partial charge on any atom is -0.241 e. The Morgan fingerprint density at radius 1 is 1.00 bits per heavy atom. The monoisotopic (exact) mass is 264 g/mol. The maximum Gasteiger partial charge on any atom is 0.102 e. The van der Waals surface area contributed by atoms with Gasteiger partial charge in [0.15, 0.2) is 0 Å². The molecule has 0 aliphatic carbocycles. The lowest BCUT2D eigenvalue weighted by molar-refractivity contribution is 1.30. The van der Waals surface area contributed by atoms with E-state index in [-0.39, 0.29) is 0 Å². The molecule has 3 aromatic rings. The lowest BCUT2D eigenvalue weighted by Crippen LogP contribution is -1.84. The minimum absolute atomic E-state index is 1.04. The van der Waals surface area contributed by atoms with Crippen LogP contribution in [0.5, 0.6) is 0 Å². The predicted octanol–water partition coefficient (Wildman–Crippen LogP) is 4.72. The third-order valence-electron chi connectivity index (χ3n) is 2.93. The van der Waals surface area contributed by atoms with Crippen molar-refractivity contribution >= 4 is 11.3 Å². The van der Waals surface area contributed by atoms with Crippen LogP contribution in [0.2, 0.25) is 0 Å². The van der Waals surface area contributed by atoms with Crippen LogP contribution in [0.1, 0.15) is 16.1 Å². The Morgan fingerprint density at radius 2 is 1.84 bits per heavy atom. The molecule has 2 aromatic carbocycles. The summed E-state index contributed by atoms with van der Waals surface area (Å²) < 4.78 is 0. The van der Waals surface area contributed by atoms with Gasteiger partial charge in [0.1, 0.15) is 5.01 Å². The van der Waals surface area contributed by atoms with Crippen molar-refractivity contribution in [2.75, 3.05) is 0 Å². The molecule has 1 heterocycles. The molecule has 0 saturated carbocycles. The molecule has 0 unspecified atom stereocenters. The first-order valence-corrected chi connectivity index (χ1v) is 7.11. The number of thiazole rings is 1. The Balaban J connectivity index is 1.84. The minimum atomic E-state index is 1.04. The maximum absolute atomic E-state index is 4.68. The zero-order chi connectivity index (χ0) is 13.1. The standard InChI is InChI=1S/C17H14NS/c1-13-6-5-9-15(10-13)16-12-19-17(18-16)11-14-7-3-2-4-8-14/h2-12H,1H3. The Morgan fingerprint density at radius 3 is 2.63 bits per heavy atom. The van der Waals surface area contributed by atoms with E-state index in [0.29, 0.717) is 0 Å². The second-order valence-electron chi connectivity index (χ2n) is 4.50. The van der Waals surface area contributed by atoms with Crippen LogP contribution in [-0.2, 0) is 0 Å². The molecule has 0 amide bonds. The molecule has 0 atom stereocenters. The smallest absolute Gasteiger partial charge is 0.102 e. The molecule has 1 radical (unpaired) electrons. The number of aryl methyl sites for hydroxylation is 1. The van der Waals surface area contributed by atoms with Gasteiger partial charge in [-0.2, -0.15) is 0 Å². The molecule has 0 saturated heterocycles. The van der Waals surface area contributed by atoms with Crippen molar-refractivity contribution in [1.82, 2.24) is 4.98 Å². The van der Waals surface area contributed by atoms with Crippen LogP contribution in [0.25, 0.3) is 11.3 Å². The first-order valence-electron chi connectivity index (χ1n) is 6.24. The van der Waals surface area contributed by atoms with Crippen LogP contribution in [0.3, 0.4) is 0 Å². The van der Waals surface area contributed by atoms with Crippen molar-refractivity contribution < 1.29 is 0 Å². The van der Waals surface area contributed by atoms with Crippen molar-refractivity contribution in [2.45, 2.75) is 6.92 Å². The van der Waals surface area contributed by atoms with Crippen molar-refractivity contribution in [3.05, 3.63) is 82.5 Å². The largest absolute Gasteiger partial charge is 0.241 e. The summed E-state index contributed by atoms with van der Waals surface area (Å²) in [5, 5.41) is 3.16. The van der Waals surface area contributed by atoms with Crippen molar-refractivity contribution in [3.8, 4) is 11.3 Å². The van der Waals surface area contributed by atoms with Gasteiger partial charge in [0.2, 0.25) is 0 Å². The molecule has 0 spiro atoms. The van der Waals surface area contributed by atoms with Gasteiger partial charge >= 0.3 is 0 Å². The lowest BCUT2D eigenvalue weighted by Gasteiger charge is -1.98. The number of benzene rings is 2. The van der Waals surface area contributed by atoms with Crippen LogP contribution in [0, 0.1) is 13.3 Å². The highest BCUT2D eigenvalue weighted by Crippen LogP contribution is 2.24. The average molecular weight is 264 g/mol. The van der Waals surface area contributed by atoms with Crippen molar-refractivity contribution in [3.63, 3.8) is 0 Å². The molecule has 0 N–H and O–H groups in total. The second-order valence-corrected chi connectivity index (χ2v) is 5.39. The first-order chi connectivity index (χ1) is 9.31. The summed E-state index contributed by atoms with van der Waals surface area (Å²) in [7, 11) is 0. The van der Waals surface area contributed by atoms with E-state index in [2.05, 4.69) is 60.1 Å². The highest BCUT2D eigenvalue weighted by molar-refractivity contribution is 7.10. The Bertz CT molecular complexity index is 670. The molecular weight excluding hydrogens is 250 g/mol. The van der Waals surface area contributed by atoms with Crippen LogP contribution in [0.4, 0.5) is 0 Å². The molecule has 93 valence electrons. The van der Waals surface area contributed by atoms with Crippen LogP contribution >= 0.6 is 11.3 Å². The third kappa shape index (κ3) is 2.91. The number of hydrogen-bond acceptors (Lipinski definition) is 2. The fraction of sp³-hybridized carbons (Fsp3) is 0.0588. The fourth-order valence-corrected chi connectivity index (χ4v) is 2.76. The molecule has 0 fully saturated rings. The number of hydrogen-bond donors (Lipinski definition) is 0. The number of rotatable bonds is 3. The van der Waals surface area contributed by atoms with Crippen LogP contribution in [0.15, 0.2) is 60.0 Å². The van der Waals surface area contributed by atoms with Gasteiger partial charge in [0.05, 0.1) is 5.69 Å². The van der Waals surface area contributed by atoms with Crippen LogP contribution < -0.4 is 0 Å². The van der Waals surface area contributed by atoms with Crippen molar-refractivity contribution in [1.29, 1.82) is 0 Å². The summed E-state index contributed by atoms with van der Waals surface area (Å²) in [5.74, 6) is 0. The third-order valence-corrected chi connectivity index (χ3v) is 3.72. The van der Waals surface area contributed by atoms with Crippen LogP contribution in [-0.4, -0.2) is 4.98 Å². The number of aromatic nitrogens is 1. The molecule has 0 bridgehead atoms. The van der Waals surface area contributed by atoms with Gasteiger partial charge in [-0.1, -0.05) is 54.1 Å². The van der Waals surface area contributed by atoms with Gasteiger partial charge in [-0.3, -0.25) is 0 Å². The predicted molar refractivity (Wildman–Crippen MR) is 81.2 cm³/mol. The molecule has 19 heavy (non-hydrogen) atoms. The van der Waals surface area contributed by atoms with Gasteiger partial charge in [-0.05, 0) is 18.6 Å². The summed E-state index contributed by atoms with van der Waals surface area (Å²) in [5.41, 5.74) is 4.69. The maximum atomic E-state index is 4.68. The zero-order valence-electron chi connectivity index (χ0n) is 10.7. The van der Waals surface area contributed by atoms with E-state index < -0.39 is 0 Å². The summed E-state index contributed by atoms with van der Waals surface area (Å²) in [6, 6.07) is 18.7. The molecule has 1 aromatic heterocycles. The summed E-state index contributed by atoms with van der Waals surface area (Å²) in [6.07, 6.45) is 2.12. The Labute approximate surface area is 117 Å². The normalized spacial score (nSPS) is 10.6. The Kier molecular flexibility index (Phi) is 3.43. The molecule has 2 heteroatoms. The average Bonchev–Trinajstić information content (AvgIpc) is 2.88. The summed E-state index contributed by atoms with van der Waals surface area (Å²) >= 11 is 1.68. The zero-order valence-corrected chi connectivity index (χ0v) is 11.5. The van der Waals surface area contributed by atoms with E-state index in [1.807, 2.05) is 18.2 Å². The molecular formula is C17H14NS. The first kappa shape index (κ1) is 12.1. The SMILES string of the molecule is Cc1cccc(-c2csc([CH]c3ccccc3)n2)c1. The summed E-state index contributed by atoms with van der Waals surface area (Å²) in [4.78, 5) is 4.68. The highest BCUT2D eigenvalue weighted by Gasteiger charge is 2.05. The van der Waals surface area contributed by atoms with E-state index >= 15 is 0 Å². The van der Waals surface area contributed by atoms with Crippen molar-refractivity contribution in [2.24, 2.45) is 0 Å². The number of nitrogens with zero attached hydrogens (tertiary/aromatic N) is 1.